The Morgan fingerprint density at radius 1 is 0.949 bits per heavy atom. The van der Waals surface area contributed by atoms with E-state index in [0.29, 0.717) is 37.9 Å². The Bertz CT molecular complexity index is 750. The Balaban J connectivity index is 5.25. The molecular formula is C23H43N3O11S2. The minimum Gasteiger partial charge on any atom is -0.479 e. The van der Waals surface area contributed by atoms with Crippen LogP contribution < -0.4 is 16.4 Å². The summed E-state index contributed by atoms with van der Waals surface area (Å²) >= 11 is 2.66. The summed E-state index contributed by atoms with van der Waals surface area (Å²) in [7, 11) is 0. The molecule has 5 atom stereocenters. The van der Waals surface area contributed by atoms with Gasteiger partial charge in [-0.05, 0) is 20.3 Å². The van der Waals surface area contributed by atoms with Crippen LogP contribution in [0.3, 0.4) is 0 Å². The summed E-state index contributed by atoms with van der Waals surface area (Å²) in [5, 5.41) is 55.0. The predicted molar refractivity (Wildman–Crippen MR) is 146 cm³/mol. The molecule has 0 aliphatic rings. The van der Waals surface area contributed by atoms with Crippen LogP contribution in [0.4, 0.5) is 0 Å². The number of thioether (sulfide) groups is 2. The predicted octanol–water partition coefficient (Wildman–Crippen LogP) is -2.67. The van der Waals surface area contributed by atoms with E-state index in [2.05, 4.69) is 10.6 Å². The van der Waals surface area contributed by atoms with Gasteiger partial charge in [0.25, 0.3) is 0 Å². The maximum absolute atomic E-state index is 12.7. The first-order valence-electron chi connectivity index (χ1n) is 12.6. The second kappa shape index (κ2) is 21.3. The highest BCUT2D eigenvalue weighted by atomic mass is 32.2. The SMILES string of the molecule is CCOCCSCC(=O)NCC(CCC(=O)[C@](O)(C(=O)O)[C@@H](O)[C@H](O)[C@H](O)CN)NC(=O)CSCCOCC. The number of hydrogen-bond donors (Lipinski definition) is 8. The zero-order valence-electron chi connectivity index (χ0n) is 22.4. The Kier molecular flexibility index (Phi) is 20.5. The van der Waals surface area contributed by atoms with Gasteiger partial charge in [0.15, 0.2) is 5.78 Å². The van der Waals surface area contributed by atoms with Crippen LogP contribution in [0.2, 0.25) is 0 Å². The number of nitrogens with two attached hydrogens (primary N) is 1. The van der Waals surface area contributed by atoms with Gasteiger partial charge in [0, 0.05) is 50.3 Å². The molecule has 14 nitrogen and oxygen atoms in total. The number of aliphatic hydroxyl groups is 4. The fourth-order valence-electron chi connectivity index (χ4n) is 3.14. The van der Waals surface area contributed by atoms with Gasteiger partial charge in [0.1, 0.15) is 12.2 Å². The third kappa shape index (κ3) is 14.6. The van der Waals surface area contributed by atoms with Crippen LogP contribution in [-0.2, 0) is 28.7 Å². The van der Waals surface area contributed by atoms with E-state index in [4.69, 9.17) is 15.2 Å². The molecule has 0 saturated carbocycles. The van der Waals surface area contributed by atoms with Crippen LogP contribution in [0, 0.1) is 0 Å². The van der Waals surface area contributed by atoms with Crippen molar-refractivity contribution in [1.82, 2.24) is 10.6 Å². The molecule has 0 saturated heterocycles. The van der Waals surface area contributed by atoms with E-state index in [-0.39, 0.29) is 30.4 Å². The van der Waals surface area contributed by atoms with Crippen LogP contribution in [0.15, 0.2) is 0 Å². The number of Topliss-reactive ketones (excluding diaryl/α,β-unsaturated/α-hetero) is 1. The molecule has 0 heterocycles. The second-order valence-electron chi connectivity index (χ2n) is 8.34. The summed E-state index contributed by atoms with van der Waals surface area (Å²) in [5.74, 6) is -2.85. The first kappa shape index (κ1) is 37.5. The number of hydrogen-bond acceptors (Lipinski definition) is 13. The number of amides is 2. The average Bonchev–Trinajstić information content (AvgIpc) is 2.91. The molecular weight excluding hydrogens is 558 g/mol. The van der Waals surface area contributed by atoms with Crippen molar-refractivity contribution >= 4 is 47.1 Å². The molecule has 0 rings (SSSR count). The van der Waals surface area contributed by atoms with Crippen LogP contribution in [-0.4, -0.2) is 142 Å². The van der Waals surface area contributed by atoms with Gasteiger partial charge < -0.3 is 51.4 Å². The lowest BCUT2D eigenvalue weighted by molar-refractivity contribution is -0.191. The molecule has 2 amide bonds. The van der Waals surface area contributed by atoms with Crippen LogP contribution in [0.25, 0.3) is 0 Å². The minimum absolute atomic E-state index is 0.0691. The van der Waals surface area contributed by atoms with Crippen molar-refractivity contribution in [2.45, 2.75) is 56.6 Å². The highest BCUT2D eigenvalue weighted by Crippen LogP contribution is 2.21. The Morgan fingerprint density at radius 3 is 1.97 bits per heavy atom. The van der Waals surface area contributed by atoms with Crippen molar-refractivity contribution in [3.63, 3.8) is 0 Å². The molecule has 0 radical (unpaired) electrons. The summed E-state index contributed by atoms with van der Waals surface area (Å²) in [6, 6.07) is -0.818. The van der Waals surface area contributed by atoms with E-state index in [9.17, 15) is 44.7 Å². The molecule has 9 N–H and O–H groups in total. The van der Waals surface area contributed by atoms with Crippen LogP contribution in [0.5, 0.6) is 0 Å². The smallest absolute Gasteiger partial charge is 0.346 e. The molecule has 0 aromatic carbocycles. The molecule has 1 unspecified atom stereocenters. The van der Waals surface area contributed by atoms with E-state index >= 15 is 0 Å². The molecule has 39 heavy (non-hydrogen) atoms. The molecule has 16 heteroatoms. The second-order valence-corrected chi connectivity index (χ2v) is 10.5. The van der Waals surface area contributed by atoms with Gasteiger partial charge in [-0.15, -0.1) is 23.5 Å². The number of aliphatic carboxylic acids is 1. The number of aliphatic hydroxyl groups excluding tert-OH is 3. The van der Waals surface area contributed by atoms with Gasteiger partial charge in [0.2, 0.25) is 17.4 Å². The number of nitrogens with one attached hydrogen (secondary N) is 2. The first-order valence-corrected chi connectivity index (χ1v) is 14.9. The summed E-state index contributed by atoms with van der Waals surface area (Å²) in [5.41, 5.74) is 1.75. The lowest BCUT2D eigenvalue weighted by Gasteiger charge is -2.32. The summed E-state index contributed by atoms with van der Waals surface area (Å²) in [4.78, 5) is 49.1. The van der Waals surface area contributed by atoms with Gasteiger partial charge in [-0.2, -0.15) is 0 Å². The van der Waals surface area contributed by atoms with Gasteiger partial charge >= 0.3 is 5.97 Å². The molecule has 0 spiro atoms. The maximum atomic E-state index is 12.7. The highest BCUT2D eigenvalue weighted by Gasteiger charge is 2.53. The minimum atomic E-state index is -3.44. The standard InChI is InChI=1S/C23H43N3O11S2/c1-3-36-7-9-38-13-18(29)25-12-15(26-19(30)14-39-10-8-37-4-2)5-6-17(28)23(35,22(33)34)21(32)20(31)16(27)11-24/h15-16,20-21,27,31-32,35H,3-14,24H2,1-2H3,(H,25,29)(H,26,30)(H,33,34)/t15?,16-,20-,21+,23-/m1/s1. The average molecular weight is 602 g/mol. The topological polar surface area (TPSA) is 238 Å². The summed E-state index contributed by atoms with van der Waals surface area (Å²) in [6.45, 7) is 5.12. The third-order valence-corrected chi connectivity index (χ3v) is 7.23. The molecule has 0 aliphatic carbocycles. The Labute approximate surface area is 236 Å². The van der Waals surface area contributed by atoms with E-state index in [1.54, 1.807) is 0 Å². The van der Waals surface area contributed by atoms with E-state index in [1.165, 1.54) is 23.5 Å². The maximum Gasteiger partial charge on any atom is 0.346 e. The number of carboxylic acids is 1. The zero-order valence-corrected chi connectivity index (χ0v) is 24.0. The normalized spacial score (nSPS) is 16.0. The number of carbonyl (C=O) groups is 4. The Hall–Kier alpha value is -1.50. The summed E-state index contributed by atoms with van der Waals surface area (Å²) in [6.07, 6.45) is -7.45. The van der Waals surface area contributed by atoms with Crippen molar-refractivity contribution in [2.75, 3.05) is 62.5 Å². The third-order valence-electron chi connectivity index (χ3n) is 5.39. The van der Waals surface area contributed by atoms with Crippen LogP contribution >= 0.6 is 23.5 Å². The van der Waals surface area contributed by atoms with Gasteiger partial charge in [-0.1, -0.05) is 0 Å². The molecule has 228 valence electrons. The van der Waals surface area contributed by atoms with Crippen LogP contribution in [0.1, 0.15) is 26.7 Å². The zero-order chi connectivity index (χ0) is 29.8. The monoisotopic (exact) mass is 601 g/mol. The van der Waals surface area contributed by atoms with E-state index < -0.39 is 60.6 Å². The number of carboxylic acid groups (broad SMARTS) is 1. The quantitative estimate of drug-likeness (QED) is 0.0416. The molecule has 0 aromatic rings. The molecule has 0 aromatic heterocycles. The van der Waals surface area contributed by atoms with Crippen molar-refractivity contribution in [3.8, 4) is 0 Å². The fraction of sp³-hybridized carbons (Fsp3) is 0.826. The fourth-order valence-corrected chi connectivity index (χ4v) is 4.46. The number of ether oxygens (including phenoxy) is 2. The van der Waals surface area contributed by atoms with Crippen molar-refractivity contribution < 1.29 is 54.2 Å². The van der Waals surface area contributed by atoms with Gasteiger partial charge in [-0.25, -0.2) is 4.79 Å². The Morgan fingerprint density at radius 2 is 1.49 bits per heavy atom. The molecule has 0 bridgehead atoms. The number of ketones is 1. The summed E-state index contributed by atoms with van der Waals surface area (Å²) < 4.78 is 10.4. The highest BCUT2D eigenvalue weighted by molar-refractivity contribution is 8.00. The van der Waals surface area contributed by atoms with E-state index in [1.807, 2.05) is 13.8 Å². The van der Waals surface area contributed by atoms with Crippen molar-refractivity contribution in [2.24, 2.45) is 5.73 Å². The lowest BCUT2D eigenvalue weighted by atomic mass is 9.84. The number of carbonyl (C=O) groups excluding carboxylic acids is 3. The van der Waals surface area contributed by atoms with Crippen molar-refractivity contribution in [3.05, 3.63) is 0 Å². The lowest BCUT2D eigenvalue weighted by Crippen LogP contribution is -2.62. The first-order chi connectivity index (χ1) is 18.4. The van der Waals surface area contributed by atoms with Gasteiger partial charge in [-0.3, -0.25) is 14.4 Å². The molecule has 0 aliphatic heterocycles. The van der Waals surface area contributed by atoms with E-state index in [0.717, 1.165) is 0 Å². The van der Waals surface area contributed by atoms with Gasteiger partial charge in [0.05, 0.1) is 30.8 Å². The number of rotatable bonds is 24. The molecule has 0 fully saturated rings. The largest absolute Gasteiger partial charge is 0.479 e. The van der Waals surface area contributed by atoms with Crippen molar-refractivity contribution in [1.29, 1.82) is 0 Å².